The molecular weight excluding hydrogens is 269 g/mol. The average molecular weight is 295 g/mol. The zero-order valence-corrected chi connectivity index (χ0v) is 13.3. The van der Waals surface area contributed by atoms with Gasteiger partial charge < -0.3 is 9.97 Å². The standard InChI is InChI=1S/C19H26BNO/c1-2-5-17(6-3-1)18-10-15-9-16(11-18)13-20(12-15)22-14-19-7-4-8-21-19/h1-3,5-6,10,15-16,19,21H,4,7-9,11-14H2/t15-,16+,19+/m0/s1. The van der Waals surface area contributed by atoms with E-state index in [1.165, 1.54) is 50.4 Å². The van der Waals surface area contributed by atoms with E-state index in [1.807, 2.05) is 0 Å². The highest BCUT2D eigenvalue weighted by Crippen LogP contribution is 2.42. The van der Waals surface area contributed by atoms with Gasteiger partial charge in [-0.25, -0.2) is 0 Å². The van der Waals surface area contributed by atoms with Crippen LogP contribution < -0.4 is 5.32 Å². The van der Waals surface area contributed by atoms with Crippen LogP contribution in [0.3, 0.4) is 0 Å². The molecule has 1 aromatic rings. The second kappa shape index (κ2) is 6.60. The summed E-state index contributed by atoms with van der Waals surface area (Å²) in [5.74, 6) is 1.55. The summed E-state index contributed by atoms with van der Waals surface area (Å²) >= 11 is 0. The summed E-state index contributed by atoms with van der Waals surface area (Å²) in [4.78, 5) is 0. The van der Waals surface area contributed by atoms with Crippen LogP contribution in [0.5, 0.6) is 0 Å². The first-order valence-corrected chi connectivity index (χ1v) is 8.98. The normalized spacial score (nSPS) is 31.2. The van der Waals surface area contributed by atoms with Crippen LogP contribution in [-0.2, 0) is 4.65 Å². The molecule has 2 nitrogen and oxygen atoms in total. The Kier molecular flexibility index (Phi) is 4.36. The third-order valence-corrected chi connectivity index (χ3v) is 5.58. The van der Waals surface area contributed by atoms with Crippen molar-refractivity contribution in [2.75, 3.05) is 13.2 Å². The van der Waals surface area contributed by atoms with Gasteiger partial charge in [0.2, 0.25) is 0 Å². The first-order chi connectivity index (χ1) is 10.9. The second-order valence-electron chi connectivity index (χ2n) is 7.34. The average Bonchev–Trinajstić information content (AvgIpc) is 3.06. The Hall–Kier alpha value is -1.06. The number of nitrogens with one attached hydrogen (secondary N) is 1. The van der Waals surface area contributed by atoms with Crippen LogP contribution in [0.25, 0.3) is 5.57 Å². The van der Waals surface area contributed by atoms with E-state index in [2.05, 4.69) is 41.7 Å². The second-order valence-corrected chi connectivity index (χ2v) is 7.34. The van der Waals surface area contributed by atoms with E-state index in [4.69, 9.17) is 4.65 Å². The Bertz CT molecular complexity index is 523. The van der Waals surface area contributed by atoms with E-state index in [0.29, 0.717) is 13.0 Å². The van der Waals surface area contributed by atoms with Gasteiger partial charge in [-0.2, -0.15) is 0 Å². The van der Waals surface area contributed by atoms with Crippen LogP contribution in [0.1, 0.15) is 31.2 Å². The minimum atomic E-state index is 0.486. The molecule has 0 radical (unpaired) electrons. The summed E-state index contributed by atoms with van der Waals surface area (Å²) in [5, 5.41) is 3.54. The molecular formula is C19H26BNO. The van der Waals surface area contributed by atoms with E-state index < -0.39 is 0 Å². The zero-order valence-electron chi connectivity index (χ0n) is 13.3. The fraction of sp³-hybridized carbons (Fsp3) is 0.579. The number of rotatable bonds is 4. The van der Waals surface area contributed by atoms with Gasteiger partial charge in [-0.15, -0.1) is 0 Å². The van der Waals surface area contributed by atoms with Crippen molar-refractivity contribution in [1.29, 1.82) is 0 Å². The lowest BCUT2D eigenvalue weighted by molar-refractivity contribution is 0.257. The Morgan fingerprint density at radius 3 is 2.86 bits per heavy atom. The molecule has 2 heterocycles. The van der Waals surface area contributed by atoms with Gasteiger partial charge >= 0.3 is 0 Å². The van der Waals surface area contributed by atoms with E-state index in [1.54, 1.807) is 5.57 Å². The van der Waals surface area contributed by atoms with Gasteiger partial charge in [-0.3, -0.25) is 0 Å². The number of hydrogen-bond acceptors (Lipinski definition) is 2. The first kappa shape index (κ1) is 14.5. The predicted molar refractivity (Wildman–Crippen MR) is 93.0 cm³/mol. The van der Waals surface area contributed by atoms with Crippen molar-refractivity contribution in [3.63, 3.8) is 0 Å². The highest BCUT2D eigenvalue weighted by Gasteiger charge is 2.35. The largest absolute Gasteiger partial charge is 0.434 e. The number of allylic oxidation sites excluding steroid dienone is 2. The Morgan fingerprint density at radius 1 is 1.18 bits per heavy atom. The van der Waals surface area contributed by atoms with Crippen molar-refractivity contribution in [3.8, 4) is 0 Å². The maximum atomic E-state index is 6.25. The van der Waals surface area contributed by atoms with Crippen molar-refractivity contribution in [2.45, 2.75) is 44.4 Å². The molecule has 2 saturated heterocycles. The fourth-order valence-electron chi connectivity index (χ4n) is 4.55. The summed E-state index contributed by atoms with van der Waals surface area (Å²) in [6, 6.07) is 11.5. The number of hydrogen-bond donors (Lipinski definition) is 1. The highest BCUT2D eigenvalue weighted by atomic mass is 16.4. The molecule has 0 amide bonds. The van der Waals surface area contributed by atoms with E-state index in [0.717, 1.165) is 18.4 Å². The van der Waals surface area contributed by atoms with Crippen LogP contribution in [-0.4, -0.2) is 26.1 Å². The molecule has 0 unspecified atom stereocenters. The minimum Gasteiger partial charge on any atom is -0.434 e. The maximum absolute atomic E-state index is 6.25. The molecule has 2 aliphatic heterocycles. The number of fused-ring (bicyclic) bond motifs is 2. The molecule has 3 heteroatoms. The predicted octanol–water partition coefficient (Wildman–Crippen LogP) is 3.87. The summed E-state index contributed by atoms with van der Waals surface area (Å²) in [7, 11) is 0. The Morgan fingerprint density at radius 2 is 2.09 bits per heavy atom. The quantitative estimate of drug-likeness (QED) is 0.851. The van der Waals surface area contributed by atoms with Crippen molar-refractivity contribution in [3.05, 3.63) is 42.0 Å². The lowest BCUT2D eigenvalue weighted by Crippen LogP contribution is -2.36. The molecule has 2 fully saturated rings. The summed E-state index contributed by atoms with van der Waals surface area (Å²) < 4.78 is 6.25. The van der Waals surface area contributed by atoms with Crippen molar-refractivity contribution in [1.82, 2.24) is 5.32 Å². The molecule has 1 aliphatic carbocycles. The van der Waals surface area contributed by atoms with Crippen molar-refractivity contribution < 1.29 is 4.65 Å². The summed E-state index contributed by atoms with van der Waals surface area (Å²) in [6.45, 7) is 2.58. The zero-order chi connectivity index (χ0) is 14.8. The molecule has 1 aromatic carbocycles. The highest BCUT2D eigenvalue weighted by molar-refractivity contribution is 6.52. The SMILES string of the molecule is C1=C(c2ccccc2)C[C@@H]2CB(OC[C@H]3CCCN3)C[C@H]1C2. The van der Waals surface area contributed by atoms with E-state index in [9.17, 15) is 0 Å². The molecule has 3 atom stereocenters. The molecule has 3 aliphatic rings. The molecule has 4 rings (SSSR count). The summed E-state index contributed by atoms with van der Waals surface area (Å²) in [6.07, 6.45) is 10.2. The fourth-order valence-corrected chi connectivity index (χ4v) is 4.55. The first-order valence-electron chi connectivity index (χ1n) is 8.98. The number of benzene rings is 1. The molecule has 0 saturated carbocycles. The molecule has 22 heavy (non-hydrogen) atoms. The lowest BCUT2D eigenvalue weighted by atomic mass is 9.47. The topological polar surface area (TPSA) is 21.3 Å². The van der Waals surface area contributed by atoms with E-state index >= 15 is 0 Å². The third-order valence-electron chi connectivity index (χ3n) is 5.58. The molecule has 1 N–H and O–H groups in total. The molecule has 0 aromatic heterocycles. The summed E-state index contributed by atoms with van der Waals surface area (Å²) in [5.41, 5.74) is 2.99. The van der Waals surface area contributed by atoms with Crippen molar-refractivity contribution >= 4 is 12.5 Å². The lowest BCUT2D eigenvalue weighted by Gasteiger charge is -2.36. The maximum Gasteiger partial charge on any atom is 0.294 e. The van der Waals surface area contributed by atoms with Crippen LogP contribution in [0.4, 0.5) is 0 Å². The van der Waals surface area contributed by atoms with Gasteiger partial charge in [0.25, 0.3) is 6.92 Å². The Labute approximate surface area is 134 Å². The molecule has 0 spiro atoms. The van der Waals surface area contributed by atoms with Gasteiger partial charge in [0.05, 0.1) is 0 Å². The monoisotopic (exact) mass is 295 g/mol. The van der Waals surface area contributed by atoms with Gasteiger partial charge in [0.1, 0.15) is 0 Å². The molecule has 116 valence electrons. The van der Waals surface area contributed by atoms with Gasteiger partial charge in [0.15, 0.2) is 0 Å². The van der Waals surface area contributed by atoms with Crippen LogP contribution in [0.2, 0.25) is 12.6 Å². The van der Waals surface area contributed by atoms with Gasteiger partial charge in [-0.1, -0.05) is 36.4 Å². The van der Waals surface area contributed by atoms with E-state index in [-0.39, 0.29) is 0 Å². The van der Waals surface area contributed by atoms with Crippen LogP contribution in [0, 0.1) is 11.8 Å². The van der Waals surface area contributed by atoms with Gasteiger partial charge in [0, 0.05) is 12.6 Å². The van der Waals surface area contributed by atoms with Crippen LogP contribution >= 0.6 is 0 Å². The smallest absolute Gasteiger partial charge is 0.294 e. The molecule has 2 bridgehead atoms. The van der Waals surface area contributed by atoms with Crippen molar-refractivity contribution in [2.24, 2.45) is 11.8 Å². The van der Waals surface area contributed by atoms with Crippen LogP contribution in [0.15, 0.2) is 36.4 Å². The Balaban J connectivity index is 1.37. The third kappa shape index (κ3) is 3.31. The minimum absolute atomic E-state index is 0.486. The van der Waals surface area contributed by atoms with Gasteiger partial charge in [-0.05, 0) is 67.8 Å².